The van der Waals surface area contributed by atoms with Crippen LogP contribution in [0.25, 0.3) is 0 Å². The van der Waals surface area contributed by atoms with E-state index < -0.39 is 0 Å². The maximum atomic E-state index is 2.36. The molecule has 0 aromatic rings. The molecule has 1 heterocycles. The van der Waals surface area contributed by atoms with E-state index in [1.54, 1.807) is 0 Å². The molecule has 0 bridgehead atoms. The van der Waals surface area contributed by atoms with Crippen molar-refractivity contribution in [3.63, 3.8) is 0 Å². The summed E-state index contributed by atoms with van der Waals surface area (Å²) in [5.74, 6) is 0. The van der Waals surface area contributed by atoms with Crippen molar-refractivity contribution < 1.29 is 0 Å². The van der Waals surface area contributed by atoms with E-state index in [-0.39, 0.29) is 18.5 Å². The molecule has 0 N–H and O–H groups in total. The van der Waals surface area contributed by atoms with E-state index in [9.17, 15) is 0 Å². The van der Waals surface area contributed by atoms with Crippen molar-refractivity contribution in [2.24, 2.45) is 0 Å². The molecule has 0 radical (unpaired) electrons. The average Bonchev–Trinajstić information content (AvgIpc) is 2.28. The van der Waals surface area contributed by atoms with Gasteiger partial charge in [-0.05, 0) is 41.5 Å². The second kappa shape index (κ2) is 3.84. The molecule has 1 aliphatic rings. The highest BCUT2D eigenvalue weighted by Gasteiger charge is 2.28. The Labute approximate surface area is 89.6 Å². The minimum atomic E-state index is 0. The zero-order valence-corrected chi connectivity index (χ0v) is 9.76. The molecule has 2 heteroatoms. The Bertz CT molecular complexity index is 183. The number of rotatable bonds is 0. The van der Waals surface area contributed by atoms with Crippen LogP contribution in [0, 0.1) is 0 Å². The minimum Gasteiger partial charge on any atom is -0.354 e. The van der Waals surface area contributed by atoms with Crippen molar-refractivity contribution in [3.05, 3.63) is 12.4 Å². The molecule has 1 aliphatic heterocycles. The van der Waals surface area contributed by atoms with E-state index in [1.807, 2.05) is 0 Å². The van der Waals surface area contributed by atoms with Crippen LogP contribution < -0.4 is 0 Å². The molecule has 84 valence electrons. The van der Waals surface area contributed by atoms with Gasteiger partial charge in [-0.1, -0.05) is 7.43 Å². The fourth-order valence-corrected chi connectivity index (χ4v) is 1.29. The van der Waals surface area contributed by atoms with Gasteiger partial charge in [-0.15, -0.1) is 0 Å². The highest BCUT2D eigenvalue weighted by Crippen LogP contribution is 2.24. The van der Waals surface area contributed by atoms with Crippen LogP contribution in [-0.4, -0.2) is 27.5 Å². The smallest absolute Gasteiger partial charge is 0.0903 e. The van der Waals surface area contributed by atoms with Crippen LogP contribution in [0.1, 0.15) is 49.0 Å². The Hall–Kier alpha value is -0.660. The Morgan fingerprint density at radius 3 is 1.21 bits per heavy atom. The van der Waals surface area contributed by atoms with Crippen molar-refractivity contribution in [1.82, 2.24) is 9.80 Å². The molecular weight excluding hydrogens is 172 g/mol. The molecular formula is C12H26N2. The maximum Gasteiger partial charge on any atom is 0.0903 e. The van der Waals surface area contributed by atoms with Crippen molar-refractivity contribution in [2.45, 2.75) is 60.0 Å². The lowest BCUT2D eigenvalue weighted by molar-refractivity contribution is 0.110. The normalized spacial score (nSPS) is 17.3. The van der Waals surface area contributed by atoms with Gasteiger partial charge in [0.05, 0.1) is 6.67 Å². The molecule has 0 aromatic carbocycles. The summed E-state index contributed by atoms with van der Waals surface area (Å²) < 4.78 is 0. The molecule has 0 aliphatic carbocycles. The van der Waals surface area contributed by atoms with Crippen LogP contribution >= 0.6 is 0 Å². The monoisotopic (exact) mass is 198 g/mol. The lowest BCUT2D eigenvalue weighted by Gasteiger charge is -2.38. The van der Waals surface area contributed by atoms with E-state index in [0.717, 1.165) is 6.67 Å². The Morgan fingerprint density at radius 1 is 0.786 bits per heavy atom. The van der Waals surface area contributed by atoms with Gasteiger partial charge in [0.15, 0.2) is 0 Å². The molecule has 0 atom stereocenters. The van der Waals surface area contributed by atoms with Gasteiger partial charge in [-0.3, -0.25) is 0 Å². The van der Waals surface area contributed by atoms with Crippen LogP contribution in [-0.2, 0) is 0 Å². The quantitative estimate of drug-likeness (QED) is 0.589. The largest absolute Gasteiger partial charge is 0.354 e. The van der Waals surface area contributed by atoms with E-state index in [0.29, 0.717) is 0 Å². The third kappa shape index (κ3) is 2.93. The molecule has 0 fully saturated rings. The number of hydrogen-bond acceptors (Lipinski definition) is 2. The standard InChI is InChI=1S/C11H22N2.CH4/c1-10(2,3)12-7-8-13(9-12)11(4,5)6;/h7-8H,9H2,1-6H3;1H4. The third-order valence-electron chi connectivity index (χ3n) is 2.45. The van der Waals surface area contributed by atoms with Gasteiger partial charge >= 0.3 is 0 Å². The van der Waals surface area contributed by atoms with E-state index in [2.05, 4.69) is 63.7 Å². The van der Waals surface area contributed by atoms with Crippen LogP contribution in [0.15, 0.2) is 12.4 Å². The molecule has 0 saturated carbocycles. The summed E-state index contributed by atoms with van der Waals surface area (Å²) in [4.78, 5) is 4.72. The lowest BCUT2D eigenvalue weighted by atomic mass is 10.1. The summed E-state index contributed by atoms with van der Waals surface area (Å²) in [6, 6.07) is 0. The first kappa shape index (κ1) is 13.3. The summed E-state index contributed by atoms with van der Waals surface area (Å²) in [7, 11) is 0. The van der Waals surface area contributed by atoms with Gasteiger partial charge in [-0.2, -0.15) is 0 Å². The zero-order chi connectivity index (χ0) is 10.3. The second-order valence-corrected chi connectivity index (χ2v) is 5.72. The van der Waals surface area contributed by atoms with Gasteiger partial charge < -0.3 is 9.80 Å². The van der Waals surface area contributed by atoms with Gasteiger partial charge in [-0.25, -0.2) is 0 Å². The van der Waals surface area contributed by atoms with Crippen LogP contribution in [0.4, 0.5) is 0 Å². The predicted molar refractivity (Wildman–Crippen MR) is 63.9 cm³/mol. The van der Waals surface area contributed by atoms with Gasteiger partial charge in [0.2, 0.25) is 0 Å². The SMILES string of the molecule is C.CC(C)(C)N1C=CN(C(C)(C)C)C1. The van der Waals surface area contributed by atoms with E-state index in [4.69, 9.17) is 0 Å². The van der Waals surface area contributed by atoms with Crippen LogP contribution in [0.3, 0.4) is 0 Å². The highest BCUT2D eigenvalue weighted by atomic mass is 15.4. The van der Waals surface area contributed by atoms with Crippen molar-refractivity contribution in [1.29, 1.82) is 0 Å². The molecule has 0 amide bonds. The van der Waals surface area contributed by atoms with Gasteiger partial charge in [0.1, 0.15) is 0 Å². The average molecular weight is 198 g/mol. The van der Waals surface area contributed by atoms with Crippen molar-refractivity contribution >= 4 is 0 Å². The summed E-state index contributed by atoms with van der Waals surface area (Å²) in [5, 5.41) is 0. The Kier molecular flexibility index (Phi) is 3.65. The van der Waals surface area contributed by atoms with Crippen LogP contribution in [0.5, 0.6) is 0 Å². The third-order valence-corrected chi connectivity index (χ3v) is 2.45. The maximum absolute atomic E-state index is 2.36. The first-order chi connectivity index (χ1) is 5.71. The Balaban J connectivity index is 0.00000169. The second-order valence-electron chi connectivity index (χ2n) is 5.72. The molecule has 2 nitrogen and oxygen atoms in total. The van der Waals surface area contributed by atoms with Crippen molar-refractivity contribution in [2.75, 3.05) is 6.67 Å². The first-order valence-corrected chi connectivity index (χ1v) is 4.93. The van der Waals surface area contributed by atoms with E-state index >= 15 is 0 Å². The molecule has 0 unspecified atom stereocenters. The summed E-state index contributed by atoms with van der Waals surface area (Å²) >= 11 is 0. The zero-order valence-electron chi connectivity index (χ0n) is 9.76. The van der Waals surface area contributed by atoms with Crippen molar-refractivity contribution in [3.8, 4) is 0 Å². The highest BCUT2D eigenvalue weighted by molar-refractivity contribution is 5.00. The van der Waals surface area contributed by atoms with Gasteiger partial charge in [0, 0.05) is 23.5 Å². The molecule has 0 spiro atoms. The first-order valence-electron chi connectivity index (χ1n) is 4.93. The van der Waals surface area contributed by atoms with Crippen LogP contribution in [0.2, 0.25) is 0 Å². The fourth-order valence-electron chi connectivity index (χ4n) is 1.29. The molecule has 1 rings (SSSR count). The lowest BCUT2D eigenvalue weighted by Crippen LogP contribution is -2.44. The number of hydrogen-bond donors (Lipinski definition) is 0. The van der Waals surface area contributed by atoms with E-state index in [1.165, 1.54) is 0 Å². The molecule has 0 saturated heterocycles. The Morgan fingerprint density at radius 2 is 1.07 bits per heavy atom. The topological polar surface area (TPSA) is 6.48 Å². The molecule has 0 aromatic heterocycles. The summed E-state index contributed by atoms with van der Waals surface area (Å²) in [6.45, 7) is 14.4. The summed E-state index contributed by atoms with van der Waals surface area (Å²) in [5.41, 5.74) is 0.465. The van der Waals surface area contributed by atoms with Gasteiger partial charge in [0.25, 0.3) is 0 Å². The minimum absolute atomic E-state index is 0. The summed E-state index contributed by atoms with van der Waals surface area (Å²) in [6.07, 6.45) is 4.37. The molecule has 14 heavy (non-hydrogen) atoms. The predicted octanol–water partition coefficient (Wildman–Crippen LogP) is 3.27. The number of nitrogens with zero attached hydrogens (tertiary/aromatic N) is 2. The fraction of sp³-hybridized carbons (Fsp3) is 0.833.